The van der Waals surface area contributed by atoms with E-state index in [0.29, 0.717) is 57.2 Å². The van der Waals surface area contributed by atoms with Crippen molar-refractivity contribution in [1.82, 2.24) is 19.2 Å². The Morgan fingerprint density at radius 1 is 1.17 bits per heavy atom. The summed E-state index contributed by atoms with van der Waals surface area (Å²) in [4.78, 5) is 19.5. The molecule has 3 heterocycles. The third kappa shape index (κ3) is 4.35. The fraction of sp³-hybridized carbons (Fsp3) is 0.417. The molecule has 3 aromatic rings. The minimum Gasteiger partial charge on any atom is -0.477 e. The van der Waals surface area contributed by atoms with Crippen LogP contribution < -0.4 is 15.0 Å². The average Bonchev–Trinajstić information content (AvgIpc) is 3.24. The predicted octanol–water partition coefficient (Wildman–Crippen LogP) is 1.59. The number of aryl methyl sites for hydroxylation is 1. The Morgan fingerprint density at radius 2 is 1.94 bits per heavy atom. The predicted molar refractivity (Wildman–Crippen MR) is 131 cm³/mol. The van der Waals surface area contributed by atoms with E-state index in [1.807, 2.05) is 37.3 Å². The van der Waals surface area contributed by atoms with Gasteiger partial charge in [-0.05, 0) is 37.3 Å². The van der Waals surface area contributed by atoms with Crippen LogP contribution in [0.15, 0.2) is 47.4 Å². The van der Waals surface area contributed by atoms with Gasteiger partial charge in [0.05, 0.1) is 47.9 Å². The van der Waals surface area contributed by atoms with Gasteiger partial charge in [-0.1, -0.05) is 12.1 Å². The normalized spacial score (nSPS) is 18.8. The monoisotopic (exact) mass is 499 g/mol. The number of imidazole rings is 1. The Hall–Kier alpha value is -3.15. The topological polar surface area (TPSA) is 106 Å². The lowest BCUT2D eigenvalue weighted by molar-refractivity contribution is -0.127. The fourth-order valence-electron chi connectivity index (χ4n) is 4.65. The van der Waals surface area contributed by atoms with Crippen LogP contribution in [0.1, 0.15) is 12.7 Å². The summed E-state index contributed by atoms with van der Waals surface area (Å²) in [6.45, 7) is 5.01. The molecule has 5 rings (SSSR count). The second kappa shape index (κ2) is 9.48. The number of para-hydroxylation sites is 2. The van der Waals surface area contributed by atoms with Gasteiger partial charge in [0.1, 0.15) is 11.6 Å². The molecule has 2 aromatic carbocycles. The number of sulfonamides is 1. The number of carbonyl (C=O) groups is 1. The van der Waals surface area contributed by atoms with Gasteiger partial charge in [0.15, 0.2) is 6.10 Å². The SMILES string of the molecule is CCn1c(CN2C[C@@H](C(=O)NC)Oc3ccccc32)nc2cc(S(=O)(=O)N3CCOCC3)ccc21. The molecular weight excluding hydrogens is 470 g/mol. The highest BCUT2D eigenvalue weighted by Gasteiger charge is 2.31. The van der Waals surface area contributed by atoms with E-state index in [-0.39, 0.29) is 10.8 Å². The van der Waals surface area contributed by atoms with Gasteiger partial charge in [0.2, 0.25) is 10.0 Å². The van der Waals surface area contributed by atoms with Gasteiger partial charge in [0, 0.05) is 26.7 Å². The van der Waals surface area contributed by atoms with E-state index in [2.05, 4.69) is 14.8 Å². The number of hydrogen-bond acceptors (Lipinski definition) is 7. The van der Waals surface area contributed by atoms with Crippen LogP contribution in [0.25, 0.3) is 11.0 Å². The maximum Gasteiger partial charge on any atom is 0.262 e. The van der Waals surface area contributed by atoms with Crippen molar-refractivity contribution in [2.45, 2.75) is 31.0 Å². The van der Waals surface area contributed by atoms with E-state index in [0.717, 1.165) is 17.0 Å². The van der Waals surface area contributed by atoms with E-state index in [4.69, 9.17) is 14.5 Å². The summed E-state index contributed by atoms with van der Waals surface area (Å²) in [5.41, 5.74) is 2.38. The van der Waals surface area contributed by atoms with Gasteiger partial charge in [-0.25, -0.2) is 13.4 Å². The molecule has 2 aliphatic rings. The summed E-state index contributed by atoms with van der Waals surface area (Å²) in [5.74, 6) is 1.24. The number of nitrogens with one attached hydrogen (secondary N) is 1. The molecule has 0 bridgehead atoms. The highest BCUT2D eigenvalue weighted by atomic mass is 32.2. The van der Waals surface area contributed by atoms with E-state index in [1.54, 1.807) is 19.2 Å². The molecule has 1 amide bonds. The molecule has 11 heteroatoms. The number of morpholine rings is 1. The van der Waals surface area contributed by atoms with Crippen LogP contribution >= 0.6 is 0 Å². The van der Waals surface area contributed by atoms with E-state index >= 15 is 0 Å². The van der Waals surface area contributed by atoms with Crippen LogP contribution in [-0.4, -0.2) is 74.2 Å². The lowest BCUT2D eigenvalue weighted by Crippen LogP contribution is -2.48. The van der Waals surface area contributed by atoms with Gasteiger partial charge in [-0.2, -0.15) is 4.31 Å². The standard InChI is InChI=1S/C24H29N5O5S/c1-3-29-19-9-8-17(35(31,32)28-10-12-33-13-11-28)14-18(19)26-23(29)16-27-15-22(24(30)25-2)34-21-7-5-4-6-20(21)27/h4-9,14,22H,3,10-13,15-16H2,1-2H3,(H,25,30)/t22-/m0/s1. The molecule has 0 aliphatic carbocycles. The second-order valence-corrected chi connectivity index (χ2v) is 10.4. The Bertz CT molecular complexity index is 1350. The minimum atomic E-state index is -3.62. The maximum atomic E-state index is 13.2. The Morgan fingerprint density at radius 3 is 2.69 bits per heavy atom. The lowest BCUT2D eigenvalue weighted by Gasteiger charge is -2.35. The zero-order valence-electron chi connectivity index (χ0n) is 19.8. The van der Waals surface area contributed by atoms with Crippen molar-refractivity contribution >= 4 is 32.7 Å². The van der Waals surface area contributed by atoms with Crippen LogP contribution in [0, 0.1) is 0 Å². The number of carbonyl (C=O) groups excluding carboxylic acids is 1. The van der Waals surface area contributed by atoms with Gasteiger partial charge in [-0.3, -0.25) is 4.79 Å². The Balaban J connectivity index is 1.49. The van der Waals surface area contributed by atoms with Crippen molar-refractivity contribution in [3.05, 3.63) is 48.3 Å². The van der Waals surface area contributed by atoms with Crippen LogP contribution in [0.2, 0.25) is 0 Å². The molecule has 1 N–H and O–H groups in total. The van der Waals surface area contributed by atoms with Crippen molar-refractivity contribution in [1.29, 1.82) is 0 Å². The molecule has 186 valence electrons. The number of nitrogens with zero attached hydrogens (tertiary/aromatic N) is 4. The second-order valence-electron chi connectivity index (χ2n) is 8.51. The molecule has 1 saturated heterocycles. The third-order valence-electron chi connectivity index (χ3n) is 6.46. The van der Waals surface area contributed by atoms with Crippen molar-refractivity contribution in [2.24, 2.45) is 0 Å². The lowest BCUT2D eigenvalue weighted by atomic mass is 10.1. The molecular formula is C24H29N5O5S. The zero-order valence-corrected chi connectivity index (χ0v) is 20.6. The molecule has 10 nitrogen and oxygen atoms in total. The number of anilines is 1. The summed E-state index contributed by atoms with van der Waals surface area (Å²) in [6, 6.07) is 12.7. The summed E-state index contributed by atoms with van der Waals surface area (Å²) in [5, 5.41) is 2.66. The van der Waals surface area contributed by atoms with Crippen molar-refractivity contribution in [3.8, 4) is 5.75 Å². The van der Waals surface area contributed by atoms with Crippen LogP contribution in [0.3, 0.4) is 0 Å². The molecule has 1 aromatic heterocycles. The molecule has 1 fully saturated rings. The van der Waals surface area contributed by atoms with E-state index < -0.39 is 16.1 Å². The number of amides is 1. The minimum absolute atomic E-state index is 0.188. The summed E-state index contributed by atoms with van der Waals surface area (Å²) < 4.78 is 41.1. The number of rotatable bonds is 6. The fourth-order valence-corrected chi connectivity index (χ4v) is 6.08. The summed E-state index contributed by atoms with van der Waals surface area (Å²) in [6.07, 6.45) is -0.639. The first-order valence-electron chi connectivity index (χ1n) is 11.7. The molecule has 0 saturated carbocycles. The van der Waals surface area contributed by atoms with Crippen LogP contribution in [0.4, 0.5) is 5.69 Å². The van der Waals surface area contributed by atoms with E-state index in [9.17, 15) is 13.2 Å². The summed E-state index contributed by atoms with van der Waals surface area (Å²) in [7, 11) is -2.03. The van der Waals surface area contributed by atoms with Gasteiger partial charge >= 0.3 is 0 Å². The number of hydrogen-bond donors (Lipinski definition) is 1. The number of benzene rings is 2. The first kappa shape index (κ1) is 23.6. The Labute approximate surface area is 204 Å². The van der Waals surface area contributed by atoms with Crippen LogP contribution in [-0.2, 0) is 32.6 Å². The molecule has 2 aliphatic heterocycles. The number of likely N-dealkylation sites (N-methyl/N-ethyl adjacent to an activating group) is 1. The van der Waals surface area contributed by atoms with Gasteiger partial charge in [0.25, 0.3) is 5.91 Å². The van der Waals surface area contributed by atoms with Crippen molar-refractivity contribution in [3.63, 3.8) is 0 Å². The summed E-state index contributed by atoms with van der Waals surface area (Å²) >= 11 is 0. The van der Waals surface area contributed by atoms with Crippen molar-refractivity contribution < 1.29 is 22.7 Å². The first-order valence-corrected chi connectivity index (χ1v) is 13.2. The molecule has 0 spiro atoms. The van der Waals surface area contributed by atoms with Gasteiger partial charge < -0.3 is 24.3 Å². The number of aromatic nitrogens is 2. The highest BCUT2D eigenvalue weighted by Crippen LogP contribution is 2.34. The average molecular weight is 500 g/mol. The van der Waals surface area contributed by atoms with Crippen molar-refractivity contribution in [2.75, 3.05) is 44.8 Å². The highest BCUT2D eigenvalue weighted by molar-refractivity contribution is 7.89. The molecule has 0 radical (unpaired) electrons. The first-order chi connectivity index (χ1) is 16.9. The molecule has 35 heavy (non-hydrogen) atoms. The molecule has 1 atom stereocenters. The number of fused-ring (bicyclic) bond motifs is 2. The Kier molecular flexibility index (Phi) is 6.39. The van der Waals surface area contributed by atoms with Gasteiger partial charge in [-0.15, -0.1) is 0 Å². The quantitative estimate of drug-likeness (QED) is 0.549. The number of ether oxygens (including phenoxy) is 2. The van der Waals surface area contributed by atoms with E-state index in [1.165, 1.54) is 4.31 Å². The maximum absolute atomic E-state index is 13.2. The largest absolute Gasteiger partial charge is 0.477 e. The molecule has 0 unspecified atom stereocenters. The zero-order chi connectivity index (χ0) is 24.6. The smallest absolute Gasteiger partial charge is 0.262 e. The third-order valence-corrected chi connectivity index (χ3v) is 8.35. The van der Waals surface area contributed by atoms with Crippen LogP contribution in [0.5, 0.6) is 5.75 Å².